The number of fused-ring (bicyclic) bond motifs is 1. The zero-order chi connectivity index (χ0) is 19.9. The molecule has 0 radical (unpaired) electrons. The normalized spacial score (nSPS) is 10.6. The minimum atomic E-state index is -0.137. The van der Waals surface area contributed by atoms with Crippen LogP contribution in [0.2, 0.25) is 0 Å². The number of amides is 2. The van der Waals surface area contributed by atoms with Gasteiger partial charge in [0, 0.05) is 35.1 Å². The van der Waals surface area contributed by atoms with Crippen LogP contribution in [0.3, 0.4) is 0 Å². The molecule has 1 N–H and O–H groups in total. The summed E-state index contributed by atoms with van der Waals surface area (Å²) in [5.74, 6) is 0.0820. The van der Waals surface area contributed by atoms with Crippen LogP contribution in [0.1, 0.15) is 24.2 Å². The van der Waals surface area contributed by atoms with Gasteiger partial charge in [-0.2, -0.15) is 5.10 Å². The number of benzene rings is 2. The molecule has 0 aliphatic heterocycles. The second kappa shape index (κ2) is 9.32. The topological polar surface area (TPSA) is 75.2 Å². The molecule has 3 rings (SSSR count). The molecule has 0 saturated carbocycles. The number of rotatable bonds is 7. The molecule has 2 amide bonds. The molecule has 3 aromatic rings. The van der Waals surface area contributed by atoms with E-state index in [1.807, 2.05) is 38.1 Å². The minimum absolute atomic E-state index is 0.00652. The Hall–Kier alpha value is -2.93. The van der Waals surface area contributed by atoms with Crippen LogP contribution < -0.4 is 5.32 Å². The van der Waals surface area contributed by atoms with Crippen LogP contribution in [0.5, 0.6) is 0 Å². The summed E-state index contributed by atoms with van der Waals surface area (Å²) in [5, 5.41) is 13.7. The predicted octanol–water partition coefficient (Wildman–Crippen LogP) is 3.84. The SMILES string of the molecule is CCN(CC)C(=O)c1ccc(NC(=O)CSc2nncc3ccccc23)cc1. The molecule has 0 aliphatic carbocycles. The molecule has 1 aromatic heterocycles. The molecule has 144 valence electrons. The summed E-state index contributed by atoms with van der Waals surface area (Å²) in [5.41, 5.74) is 1.27. The van der Waals surface area contributed by atoms with Crippen molar-refractivity contribution < 1.29 is 9.59 Å². The van der Waals surface area contributed by atoms with Crippen LogP contribution >= 0.6 is 11.8 Å². The lowest BCUT2D eigenvalue weighted by Crippen LogP contribution is -2.30. The maximum Gasteiger partial charge on any atom is 0.253 e. The molecule has 0 atom stereocenters. The molecule has 0 spiro atoms. The van der Waals surface area contributed by atoms with Crippen molar-refractivity contribution in [1.29, 1.82) is 0 Å². The van der Waals surface area contributed by atoms with Gasteiger partial charge in [0.05, 0.1) is 11.9 Å². The van der Waals surface area contributed by atoms with Crippen LogP contribution in [0.4, 0.5) is 5.69 Å². The standard InChI is InChI=1S/C21H22N4O2S/c1-3-25(4-2)21(27)15-9-11-17(12-10-15)23-19(26)14-28-20-18-8-6-5-7-16(18)13-22-24-20/h5-13H,3-4,14H2,1-2H3,(H,23,26). The highest BCUT2D eigenvalue weighted by Crippen LogP contribution is 2.24. The molecular formula is C21H22N4O2S. The van der Waals surface area contributed by atoms with Crippen molar-refractivity contribution in [1.82, 2.24) is 15.1 Å². The number of anilines is 1. The van der Waals surface area contributed by atoms with Gasteiger partial charge < -0.3 is 10.2 Å². The number of nitrogens with one attached hydrogen (secondary N) is 1. The summed E-state index contributed by atoms with van der Waals surface area (Å²) in [7, 11) is 0. The van der Waals surface area contributed by atoms with Crippen molar-refractivity contribution in [2.75, 3.05) is 24.2 Å². The summed E-state index contributed by atoms with van der Waals surface area (Å²) in [6.07, 6.45) is 1.71. The Morgan fingerprint density at radius 2 is 1.75 bits per heavy atom. The fourth-order valence-electron chi connectivity index (χ4n) is 2.83. The first-order valence-electron chi connectivity index (χ1n) is 9.14. The lowest BCUT2D eigenvalue weighted by molar-refractivity contribution is -0.113. The second-order valence-electron chi connectivity index (χ2n) is 6.13. The van der Waals surface area contributed by atoms with Gasteiger partial charge in [-0.15, -0.1) is 5.10 Å². The van der Waals surface area contributed by atoms with Crippen LogP contribution in [0.25, 0.3) is 10.8 Å². The van der Waals surface area contributed by atoms with E-state index in [0.717, 1.165) is 15.8 Å². The molecule has 2 aromatic carbocycles. The zero-order valence-electron chi connectivity index (χ0n) is 15.9. The second-order valence-corrected chi connectivity index (χ2v) is 7.09. The Morgan fingerprint density at radius 3 is 2.46 bits per heavy atom. The first kappa shape index (κ1) is 19.8. The zero-order valence-corrected chi connectivity index (χ0v) is 16.7. The third-order valence-electron chi connectivity index (χ3n) is 4.34. The van der Waals surface area contributed by atoms with Gasteiger partial charge in [0.1, 0.15) is 5.03 Å². The monoisotopic (exact) mass is 394 g/mol. The van der Waals surface area contributed by atoms with Gasteiger partial charge in [-0.05, 0) is 38.1 Å². The molecule has 0 bridgehead atoms. The van der Waals surface area contributed by atoms with E-state index in [0.29, 0.717) is 24.3 Å². The number of carbonyl (C=O) groups is 2. The highest BCUT2D eigenvalue weighted by Gasteiger charge is 2.13. The summed E-state index contributed by atoms with van der Waals surface area (Å²) in [6, 6.07) is 14.8. The third kappa shape index (κ3) is 4.67. The Balaban J connectivity index is 1.60. The number of nitrogens with zero attached hydrogens (tertiary/aromatic N) is 3. The van der Waals surface area contributed by atoms with Gasteiger partial charge in [0.15, 0.2) is 0 Å². The summed E-state index contributed by atoms with van der Waals surface area (Å²) in [4.78, 5) is 26.4. The van der Waals surface area contributed by atoms with E-state index < -0.39 is 0 Å². The highest BCUT2D eigenvalue weighted by molar-refractivity contribution is 8.00. The summed E-state index contributed by atoms with van der Waals surface area (Å²) in [6.45, 7) is 5.24. The molecule has 0 unspecified atom stereocenters. The van der Waals surface area contributed by atoms with E-state index in [1.54, 1.807) is 35.4 Å². The molecule has 1 heterocycles. The Kier molecular flexibility index (Phi) is 6.60. The number of thioether (sulfide) groups is 1. The highest BCUT2D eigenvalue weighted by atomic mass is 32.2. The third-order valence-corrected chi connectivity index (χ3v) is 5.32. The van der Waals surface area contributed by atoms with Crippen LogP contribution in [-0.4, -0.2) is 45.8 Å². The fourth-order valence-corrected chi connectivity index (χ4v) is 3.62. The predicted molar refractivity (Wildman–Crippen MR) is 113 cm³/mol. The maximum absolute atomic E-state index is 12.3. The molecule has 0 fully saturated rings. The molecule has 0 saturated heterocycles. The summed E-state index contributed by atoms with van der Waals surface area (Å²) >= 11 is 1.35. The van der Waals surface area contributed by atoms with Crippen LogP contribution in [-0.2, 0) is 4.79 Å². The number of hydrogen-bond donors (Lipinski definition) is 1. The van der Waals surface area contributed by atoms with Crippen molar-refractivity contribution >= 4 is 40.0 Å². The van der Waals surface area contributed by atoms with Gasteiger partial charge in [0.25, 0.3) is 5.91 Å². The Morgan fingerprint density at radius 1 is 1.04 bits per heavy atom. The van der Waals surface area contributed by atoms with Crippen molar-refractivity contribution in [2.45, 2.75) is 18.9 Å². The molecule has 28 heavy (non-hydrogen) atoms. The average molecular weight is 395 g/mol. The van der Waals surface area contributed by atoms with E-state index in [-0.39, 0.29) is 17.6 Å². The smallest absolute Gasteiger partial charge is 0.253 e. The van der Waals surface area contributed by atoms with Gasteiger partial charge in [-0.25, -0.2) is 0 Å². The fraction of sp³-hybridized carbons (Fsp3) is 0.238. The van der Waals surface area contributed by atoms with E-state index in [9.17, 15) is 9.59 Å². The largest absolute Gasteiger partial charge is 0.339 e. The van der Waals surface area contributed by atoms with Crippen molar-refractivity contribution in [3.63, 3.8) is 0 Å². The lowest BCUT2D eigenvalue weighted by Gasteiger charge is -2.18. The van der Waals surface area contributed by atoms with Crippen LogP contribution in [0, 0.1) is 0 Å². The molecule has 6 nitrogen and oxygen atoms in total. The van der Waals surface area contributed by atoms with Gasteiger partial charge >= 0.3 is 0 Å². The van der Waals surface area contributed by atoms with Crippen molar-refractivity contribution in [3.05, 3.63) is 60.3 Å². The molecular weight excluding hydrogens is 372 g/mol. The molecule has 7 heteroatoms. The van der Waals surface area contributed by atoms with Gasteiger partial charge in [0.2, 0.25) is 5.91 Å². The van der Waals surface area contributed by atoms with Gasteiger partial charge in [-0.3, -0.25) is 9.59 Å². The number of aromatic nitrogens is 2. The minimum Gasteiger partial charge on any atom is -0.339 e. The first-order chi connectivity index (χ1) is 13.6. The van der Waals surface area contributed by atoms with Crippen molar-refractivity contribution in [3.8, 4) is 0 Å². The average Bonchev–Trinajstić information content (AvgIpc) is 2.73. The number of hydrogen-bond acceptors (Lipinski definition) is 5. The van der Waals surface area contributed by atoms with E-state index in [4.69, 9.17) is 0 Å². The van der Waals surface area contributed by atoms with E-state index in [1.165, 1.54) is 11.8 Å². The lowest BCUT2D eigenvalue weighted by atomic mass is 10.2. The first-order valence-corrected chi connectivity index (χ1v) is 10.1. The summed E-state index contributed by atoms with van der Waals surface area (Å²) < 4.78 is 0. The molecule has 0 aliphatic rings. The van der Waals surface area contributed by atoms with Gasteiger partial charge in [-0.1, -0.05) is 36.0 Å². The van der Waals surface area contributed by atoms with Crippen LogP contribution in [0.15, 0.2) is 59.8 Å². The number of carbonyl (C=O) groups excluding carboxylic acids is 2. The maximum atomic E-state index is 12.3. The Labute approximate surface area is 168 Å². The van der Waals surface area contributed by atoms with E-state index in [2.05, 4.69) is 15.5 Å². The van der Waals surface area contributed by atoms with E-state index >= 15 is 0 Å². The quantitative estimate of drug-likeness (QED) is 0.616. The Bertz CT molecular complexity index is 966. The van der Waals surface area contributed by atoms with Crippen molar-refractivity contribution in [2.24, 2.45) is 0 Å².